The Bertz CT molecular complexity index is 239. The van der Waals surface area contributed by atoms with Gasteiger partial charge in [-0.1, -0.05) is 25.8 Å². The maximum Gasteiger partial charge on any atom is 0.0199 e. The second-order valence-corrected chi connectivity index (χ2v) is 6.11. The summed E-state index contributed by atoms with van der Waals surface area (Å²) in [5.41, 5.74) is 1.34. The lowest BCUT2D eigenvalue weighted by molar-refractivity contribution is 0.245. The van der Waals surface area contributed by atoms with Crippen LogP contribution in [-0.4, -0.2) is 37.6 Å². The van der Waals surface area contributed by atoms with E-state index >= 15 is 0 Å². The van der Waals surface area contributed by atoms with E-state index in [1.165, 1.54) is 57.1 Å². The number of nitrogens with zero attached hydrogens (tertiary/aromatic N) is 1. The molecule has 2 heteroatoms. The van der Waals surface area contributed by atoms with Crippen molar-refractivity contribution in [2.45, 2.75) is 51.0 Å². The molecule has 0 bridgehead atoms. The Labute approximate surface area is 106 Å². The molecule has 0 radical (unpaired) electrons. The van der Waals surface area contributed by atoms with Crippen LogP contribution in [-0.2, 0) is 0 Å². The van der Waals surface area contributed by atoms with E-state index < -0.39 is 0 Å². The molecule has 0 aromatic rings. The third kappa shape index (κ3) is 5.22. The minimum Gasteiger partial charge on any atom is -0.310 e. The van der Waals surface area contributed by atoms with Gasteiger partial charge < -0.3 is 10.2 Å². The van der Waals surface area contributed by atoms with Crippen LogP contribution in [0, 0.1) is 5.92 Å². The molecule has 0 aromatic heterocycles. The fourth-order valence-electron chi connectivity index (χ4n) is 2.89. The smallest absolute Gasteiger partial charge is 0.0199 e. The van der Waals surface area contributed by atoms with Gasteiger partial charge in [0.05, 0.1) is 0 Å². The average Bonchev–Trinajstić information content (AvgIpc) is 3.11. The second-order valence-electron chi connectivity index (χ2n) is 6.11. The van der Waals surface area contributed by atoms with Gasteiger partial charge in [0.15, 0.2) is 0 Å². The van der Waals surface area contributed by atoms with Gasteiger partial charge in [-0.15, -0.1) is 0 Å². The molecule has 0 atom stereocenters. The summed E-state index contributed by atoms with van der Waals surface area (Å²) in [5, 5.41) is 3.54. The molecule has 2 fully saturated rings. The quantitative estimate of drug-likeness (QED) is 0.684. The summed E-state index contributed by atoms with van der Waals surface area (Å²) >= 11 is 0. The first-order chi connectivity index (χ1) is 8.24. The van der Waals surface area contributed by atoms with Gasteiger partial charge in [0.1, 0.15) is 0 Å². The highest BCUT2D eigenvalue weighted by molar-refractivity contribution is 5.01. The van der Waals surface area contributed by atoms with E-state index in [0.29, 0.717) is 0 Å². The molecule has 2 rings (SSSR count). The first-order valence-corrected chi connectivity index (χ1v) is 7.32. The van der Waals surface area contributed by atoms with Crippen molar-refractivity contribution in [1.82, 2.24) is 10.2 Å². The van der Waals surface area contributed by atoms with Crippen molar-refractivity contribution in [3.8, 4) is 0 Å². The lowest BCUT2D eigenvalue weighted by atomic mass is 9.89. The minimum atomic E-state index is 0.801. The molecule has 0 spiro atoms. The topological polar surface area (TPSA) is 15.3 Å². The van der Waals surface area contributed by atoms with Crippen LogP contribution in [0.4, 0.5) is 0 Å². The predicted molar refractivity (Wildman–Crippen MR) is 74.2 cm³/mol. The van der Waals surface area contributed by atoms with Gasteiger partial charge in [-0.05, 0) is 44.2 Å². The molecule has 1 N–H and O–H groups in total. The van der Waals surface area contributed by atoms with E-state index in [1.54, 1.807) is 0 Å². The molecule has 0 amide bonds. The predicted octanol–water partition coefficient (Wildman–Crippen LogP) is 2.81. The second kappa shape index (κ2) is 6.55. The molecular weight excluding hydrogens is 208 g/mol. The fraction of sp³-hybridized carbons (Fsp3) is 0.867. The first-order valence-electron chi connectivity index (χ1n) is 7.32. The van der Waals surface area contributed by atoms with Crippen molar-refractivity contribution < 1.29 is 0 Å². The third-order valence-corrected chi connectivity index (χ3v) is 4.01. The number of hydrogen-bond acceptors (Lipinski definition) is 2. The number of rotatable bonds is 7. The highest BCUT2D eigenvalue weighted by Crippen LogP contribution is 2.24. The first kappa shape index (κ1) is 13.1. The van der Waals surface area contributed by atoms with E-state index in [9.17, 15) is 0 Å². The SMILES string of the molecule is C=C(CNC1CC1)CN(C)CC1CCCCC1. The monoisotopic (exact) mass is 236 g/mol. The fourth-order valence-corrected chi connectivity index (χ4v) is 2.89. The Kier molecular flexibility index (Phi) is 5.05. The van der Waals surface area contributed by atoms with Gasteiger partial charge in [0.25, 0.3) is 0 Å². The summed E-state index contributed by atoms with van der Waals surface area (Å²) in [4.78, 5) is 2.47. The number of likely N-dealkylation sites (N-methyl/N-ethyl adjacent to an activating group) is 1. The molecule has 2 aliphatic rings. The van der Waals surface area contributed by atoms with Crippen LogP contribution >= 0.6 is 0 Å². The molecule has 2 saturated carbocycles. The van der Waals surface area contributed by atoms with Crippen molar-refractivity contribution in [3.05, 3.63) is 12.2 Å². The number of nitrogens with one attached hydrogen (secondary N) is 1. The van der Waals surface area contributed by atoms with Crippen molar-refractivity contribution in [1.29, 1.82) is 0 Å². The molecule has 0 aromatic carbocycles. The van der Waals surface area contributed by atoms with E-state index in [0.717, 1.165) is 25.0 Å². The Morgan fingerprint density at radius 2 is 1.88 bits per heavy atom. The third-order valence-electron chi connectivity index (χ3n) is 4.01. The Morgan fingerprint density at radius 3 is 2.53 bits per heavy atom. The molecule has 0 saturated heterocycles. The zero-order valence-electron chi connectivity index (χ0n) is 11.4. The number of hydrogen-bond donors (Lipinski definition) is 1. The normalized spacial score (nSPS) is 22.0. The van der Waals surface area contributed by atoms with E-state index in [4.69, 9.17) is 0 Å². The summed E-state index contributed by atoms with van der Waals surface area (Å²) in [5.74, 6) is 0.943. The molecule has 98 valence electrons. The van der Waals surface area contributed by atoms with Crippen molar-refractivity contribution in [3.63, 3.8) is 0 Å². The van der Waals surface area contributed by atoms with Gasteiger partial charge in [-0.3, -0.25) is 0 Å². The largest absolute Gasteiger partial charge is 0.310 e. The molecule has 0 aliphatic heterocycles. The van der Waals surface area contributed by atoms with Crippen LogP contribution in [0.25, 0.3) is 0 Å². The maximum absolute atomic E-state index is 4.18. The molecule has 2 nitrogen and oxygen atoms in total. The van der Waals surface area contributed by atoms with Gasteiger partial charge >= 0.3 is 0 Å². The lowest BCUT2D eigenvalue weighted by Gasteiger charge is -2.27. The Morgan fingerprint density at radius 1 is 1.18 bits per heavy atom. The van der Waals surface area contributed by atoms with E-state index in [-0.39, 0.29) is 0 Å². The van der Waals surface area contributed by atoms with Gasteiger partial charge in [0.2, 0.25) is 0 Å². The Balaban J connectivity index is 1.57. The zero-order chi connectivity index (χ0) is 12.1. The van der Waals surface area contributed by atoms with Crippen LogP contribution in [0.3, 0.4) is 0 Å². The molecule has 2 aliphatic carbocycles. The van der Waals surface area contributed by atoms with Crippen LogP contribution < -0.4 is 5.32 Å². The van der Waals surface area contributed by atoms with Gasteiger partial charge in [-0.2, -0.15) is 0 Å². The summed E-state index contributed by atoms with van der Waals surface area (Å²) in [6.45, 7) is 7.53. The summed E-state index contributed by atoms with van der Waals surface area (Å²) in [6.07, 6.45) is 9.97. The molecule has 0 unspecified atom stereocenters. The molecule has 17 heavy (non-hydrogen) atoms. The van der Waals surface area contributed by atoms with Crippen LogP contribution in [0.2, 0.25) is 0 Å². The van der Waals surface area contributed by atoms with Crippen molar-refractivity contribution >= 4 is 0 Å². The molecular formula is C15H28N2. The van der Waals surface area contributed by atoms with Crippen LogP contribution in [0.1, 0.15) is 44.9 Å². The highest BCUT2D eigenvalue weighted by atomic mass is 15.1. The van der Waals surface area contributed by atoms with Gasteiger partial charge in [-0.25, -0.2) is 0 Å². The van der Waals surface area contributed by atoms with E-state index in [2.05, 4.69) is 23.8 Å². The Hall–Kier alpha value is -0.340. The highest BCUT2D eigenvalue weighted by Gasteiger charge is 2.20. The molecule has 0 heterocycles. The minimum absolute atomic E-state index is 0.801. The van der Waals surface area contributed by atoms with Crippen LogP contribution in [0.5, 0.6) is 0 Å². The standard InChI is InChI=1S/C15H28N2/c1-13(10-16-15-8-9-15)11-17(2)12-14-6-4-3-5-7-14/h14-16H,1,3-12H2,2H3. The summed E-state index contributed by atoms with van der Waals surface area (Å²) < 4.78 is 0. The van der Waals surface area contributed by atoms with Crippen molar-refractivity contribution in [2.24, 2.45) is 5.92 Å². The van der Waals surface area contributed by atoms with Crippen LogP contribution in [0.15, 0.2) is 12.2 Å². The zero-order valence-corrected chi connectivity index (χ0v) is 11.4. The van der Waals surface area contributed by atoms with Gasteiger partial charge in [0, 0.05) is 25.7 Å². The van der Waals surface area contributed by atoms with E-state index in [1.807, 2.05) is 0 Å². The summed E-state index contributed by atoms with van der Waals surface area (Å²) in [7, 11) is 2.25. The van der Waals surface area contributed by atoms with Crippen molar-refractivity contribution in [2.75, 3.05) is 26.7 Å². The maximum atomic E-state index is 4.18. The average molecular weight is 236 g/mol. The lowest BCUT2D eigenvalue weighted by Crippen LogP contribution is -2.31. The summed E-state index contributed by atoms with van der Waals surface area (Å²) in [6, 6.07) is 0.801.